The summed E-state index contributed by atoms with van der Waals surface area (Å²) in [6.45, 7) is 3.78. The van der Waals surface area contributed by atoms with Gasteiger partial charge in [-0.05, 0) is 80.1 Å². The summed E-state index contributed by atoms with van der Waals surface area (Å²) >= 11 is 3.32. The molecule has 0 radical (unpaired) electrons. The zero-order chi connectivity index (χ0) is 22.3. The van der Waals surface area contributed by atoms with Crippen molar-refractivity contribution in [2.45, 2.75) is 13.8 Å². The Morgan fingerprint density at radius 1 is 0.935 bits per heavy atom. The minimum Gasteiger partial charge on any atom is -0.508 e. The van der Waals surface area contributed by atoms with Crippen LogP contribution in [0.2, 0.25) is 0 Å². The SMILES string of the molecule is Cc1cc(C=C2C(=O)NC(=O)N(c3ccc(Br)cc3)C2=O)c(C)n1-c1ccc(O)cc1. The number of benzene rings is 2. The Hall–Kier alpha value is -3.65. The van der Waals surface area contributed by atoms with Crippen LogP contribution in [0.4, 0.5) is 10.5 Å². The summed E-state index contributed by atoms with van der Waals surface area (Å²) in [4.78, 5) is 38.8. The van der Waals surface area contributed by atoms with Gasteiger partial charge < -0.3 is 9.67 Å². The summed E-state index contributed by atoms with van der Waals surface area (Å²) in [7, 11) is 0. The van der Waals surface area contributed by atoms with E-state index >= 15 is 0 Å². The van der Waals surface area contributed by atoms with Crippen LogP contribution in [0.25, 0.3) is 11.8 Å². The van der Waals surface area contributed by atoms with Gasteiger partial charge in [-0.2, -0.15) is 0 Å². The second-order valence-electron chi connectivity index (χ2n) is 7.11. The third kappa shape index (κ3) is 3.77. The van der Waals surface area contributed by atoms with Gasteiger partial charge in [0.2, 0.25) is 0 Å². The maximum Gasteiger partial charge on any atom is 0.335 e. The fraction of sp³-hybridized carbons (Fsp3) is 0.0870. The van der Waals surface area contributed by atoms with Crippen LogP contribution in [0.3, 0.4) is 0 Å². The van der Waals surface area contributed by atoms with Gasteiger partial charge in [0, 0.05) is 21.5 Å². The molecular formula is C23H18BrN3O4. The average molecular weight is 480 g/mol. The number of aryl methyl sites for hydroxylation is 1. The Bertz CT molecular complexity index is 1240. The molecule has 2 heterocycles. The zero-order valence-electron chi connectivity index (χ0n) is 16.7. The number of phenols is 1. The smallest absolute Gasteiger partial charge is 0.335 e. The number of carbonyl (C=O) groups is 3. The molecule has 8 heteroatoms. The number of anilines is 1. The van der Waals surface area contributed by atoms with E-state index in [1.54, 1.807) is 48.5 Å². The third-order valence-corrected chi connectivity index (χ3v) is 5.59. The van der Waals surface area contributed by atoms with Gasteiger partial charge in [0.15, 0.2) is 0 Å². The van der Waals surface area contributed by atoms with Gasteiger partial charge in [-0.3, -0.25) is 14.9 Å². The van der Waals surface area contributed by atoms with Crippen LogP contribution in [0.5, 0.6) is 5.75 Å². The molecule has 1 fully saturated rings. The molecule has 1 aliphatic heterocycles. The van der Waals surface area contributed by atoms with Crippen molar-refractivity contribution in [3.8, 4) is 11.4 Å². The highest BCUT2D eigenvalue weighted by atomic mass is 79.9. The number of aromatic nitrogens is 1. The van der Waals surface area contributed by atoms with E-state index in [0.29, 0.717) is 11.3 Å². The van der Waals surface area contributed by atoms with Gasteiger partial charge in [0.1, 0.15) is 11.3 Å². The van der Waals surface area contributed by atoms with E-state index in [-0.39, 0.29) is 11.3 Å². The summed E-state index contributed by atoms with van der Waals surface area (Å²) in [5, 5.41) is 11.8. The molecule has 0 atom stereocenters. The summed E-state index contributed by atoms with van der Waals surface area (Å²) in [6, 6.07) is 14.5. The lowest BCUT2D eigenvalue weighted by molar-refractivity contribution is -0.122. The molecule has 0 spiro atoms. The minimum atomic E-state index is -0.788. The van der Waals surface area contributed by atoms with Crippen LogP contribution in [-0.4, -0.2) is 27.5 Å². The van der Waals surface area contributed by atoms with Crippen molar-refractivity contribution in [2.24, 2.45) is 0 Å². The number of amides is 4. The number of hydrogen-bond acceptors (Lipinski definition) is 4. The largest absolute Gasteiger partial charge is 0.508 e. The lowest BCUT2D eigenvalue weighted by Gasteiger charge is -2.26. The molecule has 0 bridgehead atoms. The van der Waals surface area contributed by atoms with Crippen molar-refractivity contribution in [1.82, 2.24) is 9.88 Å². The van der Waals surface area contributed by atoms with Gasteiger partial charge >= 0.3 is 6.03 Å². The topological polar surface area (TPSA) is 91.6 Å². The first-order chi connectivity index (χ1) is 14.8. The predicted molar refractivity (Wildman–Crippen MR) is 120 cm³/mol. The first kappa shape index (κ1) is 20.6. The fourth-order valence-electron chi connectivity index (χ4n) is 3.57. The number of halogens is 1. The first-order valence-electron chi connectivity index (χ1n) is 9.41. The second kappa shape index (κ2) is 7.88. The van der Waals surface area contributed by atoms with Crippen LogP contribution in [0, 0.1) is 13.8 Å². The summed E-state index contributed by atoms with van der Waals surface area (Å²) < 4.78 is 2.75. The number of phenolic OH excluding ortho intramolecular Hbond substituents is 1. The van der Waals surface area contributed by atoms with Gasteiger partial charge in [0.05, 0.1) is 5.69 Å². The molecule has 156 valence electrons. The Morgan fingerprint density at radius 3 is 2.19 bits per heavy atom. The van der Waals surface area contributed by atoms with Crippen LogP contribution >= 0.6 is 15.9 Å². The molecule has 1 saturated heterocycles. The molecule has 7 nitrogen and oxygen atoms in total. The number of nitrogens with one attached hydrogen (secondary N) is 1. The monoisotopic (exact) mass is 479 g/mol. The van der Waals surface area contributed by atoms with E-state index in [2.05, 4.69) is 21.2 Å². The maximum atomic E-state index is 13.1. The first-order valence-corrected chi connectivity index (χ1v) is 10.2. The molecule has 31 heavy (non-hydrogen) atoms. The highest BCUT2D eigenvalue weighted by molar-refractivity contribution is 9.10. The van der Waals surface area contributed by atoms with Crippen LogP contribution < -0.4 is 10.2 Å². The molecule has 2 N–H and O–H groups in total. The van der Waals surface area contributed by atoms with E-state index in [4.69, 9.17) is 0 Å². The summed E-state index contributed by atoms with van der Waals surface area (Å²) in [5.41, 5.74) is 3.44. The standard InChI is InChI=1S/C23H18BrN3O4/c1-13-11-15(14(2)26(13)17-7-9-19(28)10-8-17)12-20-21(29)25-23(31)27(22(20)30)18-5-3-16(24)4-6-18/h3-12,28H,1-2H3,(H,25,29,31). The van der Waals surface area contributed by atoms with Gasteiger partial charge in [-0.25, -0.2) is 9.69 Å². The van der Waals surface area contributed by atoms with Crippen LogP contribution in [-0.2, 0) is 9.59 Å². The summed E-state index contributed by atoms with van der Waals surface area (Å²) in [5.74, 6) is -1.26. The lowest BCUT2D eigenvalue weighted by atomic mass is 10.1. The fourth-order valence-corrected chi connectivity index (χ4v) is 3.83. The van der Waals surface area contributed by atoms with Gasteiger partial charge in [-0.15, -0.1) is 0 Å². The Kier molecular flexibility index (Phi) is 5.24. The number of hydrogen-bond donors (Lipinski definition) is 2. The van der Waals surface area contributed by atoms with Crippen LogP contribution in [0.15, 0.2) is 64.6 Å². The summed E-state index contributed by atoms with van der Waals surface area (Å²) in [6.07, 6.45) is 1.50. The Morgan fingerprint density at radius 2 is 1.55 bits per heavy atom. The van der Waals surface area contributed by atoms with Crippen molar-refractivity contribution in [3.63, 3.8) is 0 Å². The molecule has 0 saturated carbocycles. The molecule has 1 aliphatic rings. The number of rotatable bonds is 3. The predicted octanol–water partition coefficient (Wildman–Crippen LogP) is 4.23. The molecule has 2 aromatic carbocycles. The normalized spacial score (nSPS) is 15.5. The van der Waals surface area contributed by atoms with E-state index in [1.165, 1.54) is 6.08 Å². The molecule has 4 rings (SSSR count). The van der Waals surface area contributed by atoms with Crippen molar-refractivity contribution < 1.29 is 19.5 Å². The van der Waals surface area contributed by atoms with E-state index in [1.807, 2.05) is 24.5 Å². The molecule has 3 aromatic rings. The van der Waals surface area contributed by atoms with E-state index < -0.39 is 17.8 Å². The van der Waals surface area contributed by atoms with Crippen molar-refractivity contribution in [2.75, 3.05) is 4.90 Å². The Labute approximate surface area is 186 Å². The average Bonchev–Trinajstić information content (AvgIpc) is 3.00. The van der Waals surface area contributed by atoms with Crippen molar-refractivity contribution in [1.29, 1.82) is 0 Å². The number of aromatic hydroxyl groups is 1. The highest BCUT2D eigenvalue weighted by Crippen LogP contribution is 2.27. The third-order valence-electron chi connectivity index (χ3n) is 5.06. The van der Waals surface area contributed by atoms with Crippen molar-refractivity contribution in [3.05, 3.63) is 81.6 Å². The van der Waals surface area contributed by atoms with Crippen LogP contribution in [0.1, 0.15) is 17.0 Å². The number of carbonyl (C=O) groups excluding carboxylic acids is 3. The number of imide groups is 2. The molecule has 4 amide bonds. The second-order valence-corrected chi connectivity index (χ2v) is 8.03. The highest BCUT2D eigenvalue weighted by Gasteiger charge is 2.37. The molecular weight excluding hydrogens is 462 g/mol. The molecule has 0 aliphatic carbocycles. The van der Waals surface area contributed by atoms with Gasteiger partial charge in [0.25, 0.3) is 11.8 Å². The molecule has 1 aromatic heterocycles. The molecule has 0 unspecified atom stereocenters. The maximum absolute atomic E-state index is 13.1. The number of urea groups is 1. The quantitative estimate of drug-likeness (QED) is 0.434. The lowest BCUT2D eigenvalue weighted by Crippen LogP contribution is -2.54. The van der Waals surface area contributed by atoms with Gasteiger partial charge in [-0.1, -0.05) is 15.9 Å². The zero-order valence-corrected chi connectivity index (χ0v) is 18.3. The number of barbiturate groups is 1. The van der Waals surface area contributed by atoms with Crippen molar-refractivity contribution >= 4 is 45.5 Å². The van der Waals surface area contributed by atoms with E-state index in [0.717, 1.165) is 26.4 Å². The Balaban J connectivity index is 1.75. The van der Waals surface area contributed by atoms with E-state index in [9.17, 15) is 19.5 Å². The minimum absolute atomic E-state index is 0.131. The number of nitrogens with zero attached hydrogens (tertiary/aromatic N) is 2.